The highest BCUT2D eigenvalue weighted by atomic mass is 79.9. The molecule has 0 unspecified atom stereocenters. The van der Waals surface area contributed by atoms with Crippen LogP contribution in [0.25, 0.3) is 23.0 Å². The molecule has 128 valence electrons. The van der Waals surface area contributed by atoms with Gasteiger partial charge in [0.1, 0.15) is 11.5 Å². The van der Waals surface area contributed by atoms with Crippen molar-refractivity contribution in [3.05, 3.63) is 85.5 Å². The van der Waals surface area contributed by atoms with Crippen LogP contribution in [-0.2, 0) is 0 Å². The number of nitrogens with zero attached hydrogens (tertiary/aromatic N) is 2. The van der Waals surface area contributed by atoms with Crippen molar-refractivity contribution in [2.45, 2.75) is 0 Å². The van der Waals surface area contributed by atoms with Crippen molar-refractivity contribution < 1.29 is 9.34 Å². The van der Waals surface area contributed by atoms with Gasteiger partial charge in [0.25, 0.3) is 5.69 Å². The first-order valence-electron chi connectivity index (χ1n) is 7.40. The van der Waals surface area contributed by atoms with Gasteiger partial charge in [0, 0.05) is 22.2 Å². The van der Waals surface area contributed by atoms with E-state index >= 15 is 0 Å². The molecule has 26 heavy (non-hydrogen) atoms. The normalized spacial score (nSPS) is 11.2. The van der Waals surface area contributed by atoms with Crippen LogP contribution >= 0.6 is 27.5 Å². The van der Waals surface area contributed by atoms with Gasteiger partial charge in [-0.15, -0.1) is 0 Å². The number of hydrogen-bond donors (Lipinski definition) is 0. The number of halogens is 2. The summed E-state index contributed by atoms with van der Waals surface area (Å²) in [6.45, 7) is 0. The lowest BCUT2D eigenvalue weighted by Crippen LogP contribution is -1.88. The molecule has 0 amide bonds. The molecule has 1 aromatic heterocycles. The highest BCUT2D eigenvalue weighted by Gasteiger charge is 2.13. The summed E-state index contributed by atoms with van der Waals surface area (Å²) in [6.07, 6.45) is 1.63. The molecule has 0 aliphatic carbocycles. The number of non-ortho nitro benzene ring substituents is 1. The van der Waals surface area contributed by atoms with Gasteiger partial charge in [0.05, 0.1) is 21.6 Å². The molecule has 0 spiro atoms. The fraction of sp³-hybridized carbons (Fsp3) is 0. The molecule has 0 atom stereocenters. The van der Waals surface area contributed by atoms with Crippen LogP contribution in [-0.4, -0.2) is 4.92 Å². The number of benzene rings is 2. The van der Waals surface area contributed by atoms with Crippen LogP contribution < -0.4 is 0 Å². The van der Waals surface area contributed by atoms with E-state index in [-0.39, 0.29) is 10.7 Å². The molecule has 0 aliphatic heterocycles. The van der Waals surface area contributed by atoms with E-state index in [9.17, 15) is 15.4 Å². The molecule has 1 heterocycles. The third-order valence-electron chi connectivity index (χ3n) is 3.62. The molecular weight excluding hydrogens is 420 g/mol. The van der Waals surface area contributed by atoms with E-state index in [0.717, 1.165) is 10.0 Å². The molecule has 5 nitrogen and oxygen atoms in total. The summed E-state index contributed by atoms with van der Waals surface area (Å²) in [5, 5.41) is 20.4. The van der Waals surface area contributed by atoms with Gasteiger partial charge in [-0.05, 0) is 42.0 Å². The Bertz CT molecular complexity index is 1050. The molecule has 0 aliphatic rings. The van der Waals surface area contributed by atoms with Crippen molar-refractivity contribution in [3.63, 3.8) is 0 Å². The van der Waals surface area contributed by atoms with Crippen LogP contribution in [0.2, 0.25) is 5.02 Å². The fourth-order valence-electron chi connectivity index (χ4n) is 2.34. The van der Waals surface area contributed by atoms with Crippen LogP contribution in [0, 0.1) is 21.4 Å². The Kier molecular flexibility index (Phi) is 5.21. The molecule has 0 N–H and O–H groups in total. The van der Waals surface area contributed by atoms with Crippen LogP contribution in [0.3, 0.4) is 0 Å². The highest BCUT2D eigenvalue weighted by Crippen LogP contribution is 2.33. The molecule has 0 radical (unpaired) electrons. The van der Waals surface area contributed by atoms with Crippen molar-refractivity contribution in [1.82, 2.24) is 0 Å². The van der Waals surface area contributed by atoms with Crippen molar-refractivity contribution in [2.75, 3.05) is 0 Å². The summed E-state index contributed by atoms with van der Waals surface area (Å²) in [5.41, 5.74) is 1.67. The number of allylic oxidation sites excluding steroid dienone is 1. The quantitative estimate of drug-likeness (QED) is 0.275. The SMILES string of the molecule is N#CC(=Cc1ccc(-c2ccc([N+](=O)[O-])cc2Cl)o1)c1ccc(Br)cc1. The number of nitro groups is 1. The maximum atomic E-state index is 10.8. The molecule has 7 heteroatoms. The monoisotopic (exact) mass is 428 g/mol. The Labute approximate surface area is 162 Å². The molecule has 0 fully saturated rings. The standard InChI is InChI=1S/C19H10BrClN2O3/c20-14-3-1-12(2-4-14)13(11-22)9-16-6-8-19(26-16)17-7-5-15(23(24)25)10-18(17)21/h1-10H. The van der Waals surface area contributed by atoms with E-state index in [0.29, 0.717) is 22.7 Å². The molecular formula is C19H10BrClN2O3. The van der Waals surface area contributed by atoms with Crippen molar-refractivity contribution in [3.8, 4) is 17.4 Å². The average molecular weight is 430 g/mol. The average Bonchev–Trinajstić information content (AvgIpc) is 3.08. The van der Waals surface area contributed by atoms with Crippen LogP contribution in [0.5, 0.6) is 0 Å². The van der Waals surface area contributed by atoms with Gasteiger partial charge in [0.15, 0.2) is 0 Å². The van der Waals surface area contributed by atoms with E-state index in [4.69, 9.17) is 16.0 Å². The van der Waals surface area contributed by atoms with Gasteiger partial charge in [-0.25, -0.2) is 0 Å². The lowest BCUT2D eigenvalue weighted by Gasteiger charge is -2.01. The smallest absolute Gasteiger partial charge is 0.270 e. The van der Waals surface area contributed by atoms with Crippen molar-refractivity contribution in [1.29, 1.82) is 5.26 Å². The van der Waals surface area contributed by atoms with Crippen LogP contribution in [0.1, 0.15) is 11.3 Å². The predicted octanol–water partition coefficient (Wildman–Crippen LogP) is 6.33. The van der Waals surface area contributed by atoms with E-state index in [1.807, 2.05) is 24.3 Å². The lowest BCUT2D eigenvalue weighted by molar-refractivity contribution is -0.384. The second kappa shape index (κ2) is 7.56. The number of hydrogen-bond acceptors (Lipinski definition) is 4. The van der Waals surface area contributed by atoms with Gasteiger partial charge < -0.3 is 4.42 Å². The van der Waals surface area contributed by atoms with Crippen molar-refractivity contribution >= 4 is 44.9 Å². The second-order valence-electron chi connectivity index (χ2n) is 5.30. The molecule has 3 aromatic rings. The number of nitro benzene ring substituents is 1. The first kappa shape index (κ1) is 17.9. The number of nitriles is 1. The lowest BCUT2D eigenvalue weighted by atomic mass is 10.1. The number of rotatable bonds is 4. The van der Waals surface area contributed by atoms with Gasteiger partial charge in [-0.2, -0.15) is 5.26 Å². The molecule has 0 saturated carbocycles. The molecule has 0 bridgehead atoms. The Morgan fingerprint density at radius 3 is 2.54 bits per heavy atom. The topological polar surface area (TPSA) is 80.1 Å². The third kappa shape index (κ3) is 3.85. The van der Waals surface area contributed by atoms with Crippen LogP contribution in [0.4, 0.5) is 5.69 Å². The summed E-state index contributed by atoms with van der Waals surface area (Å²) < 4.78 is 6.66. The largest absolute Gasteiger partial charge is 0.457 e. The summed E-state index contributed by atoms with van der Waals surface area (Å²) in [6, 6.07) is 17.1. The highest BCUT2D eigenvalue weighted by molar-refractivity contribution is 9.10. The number of furan rings is 1. The van der Waals surface area contributed by atoms with Crippen molar-refractivity contribution in [2.24, 2.45) is 0 Å². The third-order valence-corrected chi connectivity index (χ3v) is 4.46. The maximum absolute atomic E-state index is 10.8. The Balaban J connectivity index is 1.93. The second-order valence-corrected chi connectivity index (χ2v) is 6.62. The van der Waals surface area contributed by atoms with Gasteiger partial charge in [-0.3, -0.25) is 10.1 Å². The summed E-state index contributed by atoms with van der Waals surface area (Å²) in [4.78, 5) is 10.3. The molecule has 3 rings (SSSR count). The van der Waals surface area contributed by atoms with E-state index in [2.05, 4.69) is 22.0 Å². The zero-order valence-electron chi connectivity index (χ0n) is 13.1. The van der Waals surface area contributed by atoms with Gasteiger partial charge >= 0.3 is 0 Å². The maximum Gasteiger partial charge on any atom is 0.270 e. The van der Waals surface area contributed by atoms with Gasteiger partial charge in [-0.1, -0.05) is 39.7 Å². The fourth-order valence-corrected chi connectivity index (χ4v) is 2.88. The molecule has 2 aromatic carbocycles. The Hall–Kier alpha value is -2.88. The predicted molar refractivity (Wildman–Crippen MR) is 103 cm³/mol. The van der Waals surface area contributed by atoms with E-state index in [1.54, 1.807) is 18.2 Å². The Morgan fingerprint density at radius 1 is 1.19 bits per heavy atom. The van der Waals surface area contributed by atoms with Crippen LogP contribution in [0.15, 0.2) is 63.5 Å². The van der Waals surface area contributed by atoms with E-state index in [1.165, 1.54) is 18.2 Å². The minimum atomic E-state index is -0.511. The summed E-state index contributed by atoms with van der Waals surface area (Å²) in [7, 11) is 0. The Morgan fingerprint density at radius 2 is 1.92 bits per heavy atom. The van der Waals surface area contributed by atoms with Gasteiger partial charge in [0.2, 0.25) is 0 Å². The van der Waals surface area contributed by atoms with E-state index < -0.39 is 4.92 Å². The minimum absolute atomic E-state index is 0.0903. The summed E-state index contributed by atoms with van der Waals surface area (Å²) >= 11 is 9.48. The molecule has 0 saturated heterocycles. The minimum Gasteiger partial charge on any atom is -0.457 e. The zero-order valence-corrected chi connectivity index (χ0v) is 15.5. The first-order valence-corrected chi connectivity index (χ1v) is 8.57. The summed E-state index contributed by atoms with van der Waals surface area (Å²) in [5.74, 6) is 0.943. The zero-order chi connectivity index (χ0) is 18.7. The first-order chi connectivity index (χ1) is 12.5.